The number of hydrogen-bond acceptors (Lipinski definition) is 5. The van der Waals surface area contributed by atoms with E-state index in [0.717, 1.165) is 12.8 Å². The number of benzene rings is 1. The van der Waals surface area contributed by atoms with Crippen molar-refractivity contribution in [2.45, 2.75) is 25.3 Å². The Hall–Kier alpha value is -2.24. The topological polar surface area (TPSA) is 90.6 Å². The molecule has 0 spiro atoms. The fraction of sp³-hybridized carbons (Fsp3) is 0.429. The smallest absolute Gasteiger partial charge is 0.338 e. The summed E-state index contributed by atoms with van der Waals surface area (Å²) in [5.41, 5.74) is 6.42. The molecule has 20 heavy (non-hydrogen) atoms. The summed E-state index contributed by atoms with van der Waals surface area (Å²) in [7, 11) is 1.50. The number of esters is 1. The van der Waals surface area contributed by atoms with Crippen LogP contribution in [0.25, 0.3) is 0 Å². The number of ether oxygens (including phenoxy) is 2. The summed E-state index contributed by atoms with van der Waals surface area (Å²) in [6.45, 7) is 0.0588. The Kier molecular flexibility index (Phi) is 4.45. The second-order valence-corrected chi connectivity index (χ2v) is 4.68. The largest absolute Gasteiger partial charge is 0.495 e. The summed E-state index contributed by atoms with van der Waals surface area (Å²) < 4.78 is 10.0. The van der Waals surface area contributed by atoms with Gasteiger partial charge in [-0.15, -0.1) is 0 Å². The lowest BCUT2D eigenvalue weighted by Gasteiger charge is -2.08. The summed E-state index contributed by atoms with van der Waals surface area (Å²) in [4.78, 5) is 23.2. The Balaban J connectivity index is 1.78. The van der Waals surface area contributed by atoms with Crippen molar-refractivity contribution < 1.29 is 19.1 Å². The molecule has 0 heterocycles. The monoisotopic (exact) mass is 278 g/mol. The van der Waals surface area contributed by atoms with Crippen LogP contribution in [0.2, 0.25) is 0 Å². The molecule has 1 aliphatic carbocycles. The number of nitrogen functional groups attached to an aromatic ring is 1. The number of carbonyl (C=O) groups is 2. The first-order chi connectivity index (χ1) is 9.60. The Morgan fingerprint density at radius 2 is 2.15 bits per heavy atom. The lowest BCUT2D eigenvalue weighted by atomic mass is 10.2. The highest BCUT2D eigenvalue weighted by Gasteiger charge is 2.23. The maximum absolute atomic E-state index is 11.8. The van der Waals surface area contributed by atoms with Gasteiger partial charge in [-0.2, -0.15) is 0 Å². The van der Waals surface area contributed by atoms with Crippen LogP contribution >= 0.6 is 0 Å². The van der Waals surface area contributed by atoms with Crippen LogP contribution in [0.5, 0.6) is 5.75 Å². The van der Waals surface area contributed by atoms with Gasteiger partial charge in [0, 0.05) is 6.04 Å². The number of amides is 1. The van der Waals surface area contributed by atoms with Gasteiger partial charge in [0.05, 0.1) is 24.8 Å². The van der Waals surface area contributed by atoms with Crippen molar-refractivity contribution in [3.8, 4) is 5.75 Å². The highest BCUT2D eigenvalue weighted by Crippen LogP contribution is 2.22. The van der Waals surface area contributed by atoms with E-state index in [9.17, 15) is 9.59 Å². The van der Waals surface area contributed by atoms with Gasteiger partial charge >= 0.3 is 5.97 Å². The Morgan fingerprint density at radius 1 is 1.40 bits per heavy atom. The molecule has 108 valence electrons. The van der Waals surface area contributed by atoms with Gasteiger partial charge < -0.3 is 20.5 Å². The quantitative estimate of drug-likeness (QED) is 0.600. The average Bonchev–Trinajstić information content (AvgIpc) is 3.22. The molecule has 6 nitrogen and oxygen atoms in total. The van der Waals surface area contributed by atoms with Crippen LogP contribution in [0.4, 0.5) is 5.69 Å². The molecule has 1 amide bonds. The van der Waals surface area contributed by atoms with E-state index >= 15 is 0 Å². The van der Waals surface area contributed by atoms with Gasteiger partial charge in [-0.25, -0.2) is 4.79 Å². The lowest BCUT2D eigenvalue weighted by molar-refractivity contribution is -0.121. The maximum atomic E-state index is 11.8. The molecule has 0 unspecified atom stereocenters. The van der Waals surface area contributed by atoms with Gasteiger partial charge in [0.15, 0.2) is 0 Å². The van der Waals surface area contributed by atoms with Crippen LogP contribution in [0.3, 0.4) is 0 Å². The minimum atomic E-state index is -0.501. The van der Waals surface area contributed by atoms with E-state index in [0.29, 0.717) is 23.0 Å². The van der Waals surface area contributed by atoms with E-state index in [4.69, 9.17) is 15.2 Å². The van der Waals surface area contributed by atoms with Gasteiger partial charge in [0.1, 0.15) is 12.4 Å². The molecular formula is C14H18N2O4. The van der Waals surface area contributed by atoms with Gasteiger partial charge in [-0.05, 0) is 31.0 Å². The van der Waals surface area contributed by atoms with E-state index in [1.807, 2.05) is 0 Å². The van der Waals surface area contributed by atoms with Crippen molar-refractivity contribution in [2.24, 2.45) is 0 Å². The van der Waals surface area contributed by atoms with E-state index < -0.39 is 5.97 Å². The zero-order chi connectivity index (χ0) is 14.5. The third-order valence-corrected chi connectivity index (χ3v) is 2.97. The molecule has 1 fully saturated rings. The Morgan fingerprint density at radius 3 is 2.75 bits per heavy atom. The van der Waals surface area contributed by atoms with Crippen LogP contribution in [0.1, 0.15) is 29.6 Å². The third kappa shape index (κ3) is 3.88. The van der Waals surface area contributed by atoms with Crippen molar-refractivity contribution >= 4 is 17.6 Å². The zero-order valence-corrected chi connectivity index (χ0v) is 11.3. The highest BCUT2D eigenvalue weighted by atomic mass is 16.5. The molecule has 6 heteroatoms. The highest BCUT2D eigenvalue weighted by molar-refractivity contribution is 5.91. The first-order valence-electron chi connectivity index (χ1n) is 6.50. The van der Waals surface area contributed by atoms with Crippen LogP contribution in [0.15, 0.2) is 18.2 Å². The molecule has 0 atom stereocenters. The molecular weight excluding hydrogens is 260 g/mol. The van der Waals surface area contributed by atoms with E-state index in [1.165, 1.54) is 13.2 Å². The molecule has 1 saturated carbocycles. The normalized spacial score (nSPS) is 13.7. The van der Waals surface area contributed by atoms with Crippen LogP contribution in [0, 0.1) is 0 Å². The van der Waals surface area contributed by atoms with Gasteiger partial charge in [0.25, 0.3) is 0 Å². The second-order valence-electron chi connectivity index (χ2n) is 4.68. The zero-order valence-electron chi connectivity index (χ0n) is 11.3. The number of carbonyl (C=O) groups excluding carboxylic acids is 2. The number of hydrogen-bond donors (Lipinski definition) is 2. The summed E-state index contributed by atoms with van der Waals surface area (Å²) >= 11 is 0. The SMILES string of the molecule is COc1ccc(C(=O)OCCC(=O)NC2CC2)cc1N. The first kappa shape index (κ1) is 14.2. The number of nitrogens with one attached hydrogen (secondary N) is 1. The van der Waals surface area contributed by atoms with Gasteiger partial charge in [-0.3, -0.25) is 4.79 Å². The van der Waals surface area contributed by atoms with Crippen molar-refractivity contribution in [1.29, 1.82) is 0 Å². The molecule has 1 aromatic carbocycles. The van der Waals surface area contributed by atoms with Gasteiger partial charge in [-0.1, -0.05) is 0 Å². The number of anilines is 1. The fourth-order valence-electron chi connectivity index (χ4n) is 1.71. The van der Waals surface area contributed by atoms with Crippen LogP contribution in [-0.4, -0.2) is 31.6 Å². The maximum Gasteiger partial charge on any atom is 0.338 e. The van der Waals surface area contributed by atoms with E-state index in [1.54, 1.807) is 12.1 Å². The van der Waals surface area contributed by atoms with Crippen molar-refractivity contribution in [3.05, 3.63) is 23.8 Å². The Labute approximate surface area is 117 Å². The Bertz CT molecular complexity index is 512. The predicted molar refractivity (Wildman–Crippen MR) is 73.5 cm³/mol. The molecule has 3 N–H and O–H groups in total. The molecule has 0 saturated heterocycles. The molecule has 2 rings (SSSR count). The fourth-order valence-corrected chi connectivity index (χ4v) is 1.71. The molecule has 0 radical (unpaired) electrons. The van der Waals surface area contributed by atoms with Crippen molar-refractivity contribution in [2.75, 3.05) is 19.5 Å². The minimum Gasteiger partial charge on any atom is -0.495 e. The van der Waals surface area contributed by atoms with Crippen molar-refractivity contribution in [3.63, 3.8) is 0 Å². The molecule has 0 aliphatic heterocycles. The van der Waals surface area contributed by atoms with Crippen LogP contribution in [-0.2, 0) is 9.53 Å². The average molecular weight is 278 g/mol. The summed E-state index contributed by atoms with van der Waals surface area (Å²) in [5.74, 6) is -0.0847. The number of methoxy groups -OCH3 is 1. The summed E-state index contributed by atoms with van der Waals surface area (Å²) in [6.07, 6.45) is 2.25. The van der Waals surface area contributed by atoms with E-state index in [2.05, 4.69) is 5.32 Å². The molecule has 1 aliphatic rings. The third-order valence-electron chi connectivity index (χ3n) is 2.97. The second kappa shape index (κ2) is 6.27. The predicted octanol–water partition coefficient (Wildman–Crippen LogP) is 1.10. The van der Waals surface area contributed by atoms with E-state index in [-0.39, 0.29) is 18.9 Å². The first-order valence-corrected chi connectivity index (χ1v) is 6.50. The number of rotatable bonds is 6. The summed E-state index contributed by atoms with van der Waals surface area (Å²) in [6, 6.07) is 4.98. The lowest BCUT2D eigenvalue weighted by Crippen LogP contribution is -2.26. The van der Waals surface area contributed by atoms with Gasteiger partial charge in [0.2, 0.25) is 5.91 Å². The molecule has 0 aromatic heterocycles. The van der Waals surface area contributed by atoms with Crippen molar-refractivity contribution in [1.82, 2.24) is 5.32 Å². The minimum absolute atomic E-state index is 0.0588. The summed E-state index contributed by atoms with van der Waals surface area (Å²) in [5, 5.41) is 2.82. The standard InChI is InChI=1S/C14H18N2O4/c1-19-12-5-2-9(8-11(12)15)14(18)20-7-6-13(17)16-10-3-4-10/h2,5,8,10H,3-4,6-7,15H2,1H3,(H,16,17). The molecule has 0 bridgehead atoms. The number of nitrogens with two attached hydrogens (primary N) is 1. The molecule has 1 aromatic rings. The van der Waals surface area contributed by atoms with Crippen LogP contribution < -0.4 is 15.8 Å².